The Labute approximate surface area is 122 Å². The summed E-state index contributed by atoms with van der Waals surface area (Å²) in [6, 6.07) is 7.10. The normalized spacial score (nSPS) is 22.6. The van der Waals surface area contributed by atoms with E-state index in [-0.39, 0.29) is 0 Å². The van der Waals surface area contributed by atoms with Crippen LogP contribution in [0.5, 0.6) is 11.5 Å². The summed E-state index contributed by atoms with van der Waals surface area (Å²) >= 11 is 0. The molecule has 3 heteroatoms. The van der Waals surface area contributed by atoms with Gasteiger partial charge in [0.2, 0.25) is 0 Å². The second-order valence-corrected chi connectivity index (χ2v) is 6.61. The maximum atomic E-state index is 5.38. The minimum absolute atomic E-state index is 0.328. The van der Waals surface area contributed by atoms with Crippen molar-refractivity contribution in [3.8, 4) is 11.5 Å². The minimum Gasteiger partial charge on any atom is -0.493 e. The molecule has 2 unspecified atom stereocenters. The van der Waals surface area contributed by atoms with Crippen molar-refractivity contribution in [3.05, 3.63) is 23.8 Å². The molecule has 1 aromatic rings. The lowest BCUT2D eigenvalue weighted by atomic mass is 9.91. The van der Waals surface area contributed by atoms with Crippen LogP contribution in [0, 0.1) is 5.41 Å². The van der Waals surface area contributed by atoms with Crippen LogP contribution in [0.15, 0.2) is 18.2 Å². The maximum absolute atomic E-state index is 5.38. The number of methoxy groups -OCH3 is 2. The predicted molar refractivity (Wildman–Crippen MR) is 82.5 cm³/mol. The van der Waals surface area contributed by atoms with Crippen molar-refractivity contribution in [1.82, 2.24) is 5.32 Å². The van der Waals surface area contributed by atoms with E-state index < -0.39 is 0 Å². The van der Waals surface area contributed by atoms with Gasteiger partial charge in [-0.25, -0.2) is 0 Å². The van der Waals surface area contributed by atoms with Gasteiger partial charge in [0.1, 0.15) is 0 Å². The topological polar surface area (TPSA) is 30.5 Å². The highest BCUT2D eigenvalue weighted by atomic mass is 16.5. The van der Waals surface area contributed by atoms with Crippen LogP contribution in [0.3, 0.4) is 0 Å². The highest BCUT2D eigenvalue weighted by molar-refractivity contribution is 5.43. The van der Waals surface area contributed by atoms with Gasteiger partial charge in [-0.15, -0.1) is 0 Å². The fraction of sp³-hybridized carbons (Fsp3) is 0.647. The molecule has 1 aliphatic rings. The van der Waals surface area contributed by atoms with E-state index in [0.29, 0.717) is 17.5 Å². The molecule has 0 heterocycles. The van der Waals surface area contributed by atoms with Crippen LogP contribution in [0.4, 0.5) is 0 Å². The smallest absolute Gasteiger partial charge is 0.161 e. The third kappa shape index (κ3) is 3.45. The molecule has 2 rings (SSSR count). The van der Waals surface area contributed by atoms with Crippen molar-refractivity contribution in [2.45, 2.75) is 52.1 Å². The van der Waals surface area contributed by atoms with Gasteiger partial charge in [0.25, 0.3) is 0 Å². The monoisotopic (exact) mass is 277 g/mol. The first-order valence-corrected chi connectivity index (χ1v) is 7.43. The Hall–Kier alpha value is -1.22. The van der Waals surface area contributed by atoms with Crippen LogP contribution < -0.4 is 14.8 Å². The predicted octanol–water partition coefficient (Wildman–Crippen LogP) is 3.93. The van der Waals surface area contributed by atoms with E-state index in [2.05, 4.69) is 38.2 Å². The lowest BCUT2D eigenvalue weighted by molar-refractivity contribution is 0.350. The van der Waals surface area contributed by atoms with Crippen LogP contribution in [0.25, 0.3) is 0 Å². The Bertz CT molecular complexity index is 456. The van der Waals surface area contributed by atoms with E-state index in [1.807, 2.05) is 6.07 Å². The first-order chi connectivity index (χ1) is 9.45. The van der Waals surface area contributed by atoms with E-state index in [9.17, 15) is 0 Å². The van der Waals surface area contributed by atoms with E-state index >= 15 is 0 Å². The summed E-state index contributed by atoms with van der Waals surface area (Å²) in [5.41, 5.74) is 1.72. The van der Waals surface area contributed by atoms with Crippen LogP contribution in [0.1, 0.15) is 51.6 Å². The molecule has 1 aromatic carbocycles. The van der Waals surface area contributed by atoms with Crippen molar-refractivity contribution in [2.75, 3.05) is 14.2 Å². The first-order valence-electron chi connectivity index (χ1n) is 7.43. The van der Waals surface area contributed by atoms with Crippen LogP contribution in [-0.2, 0) is 0 Å². The third-order valence-corrected chi connectivity index (χ3v) is 4.36. The van der Waals surface area contributed by atoms with E-state index in [4.69, 9.17) is 9.47 Å². The van der Waals surface area contributed by atoms with Gasteiger partial charge in [-0.2, -0.15) is 0 Å². The van der Waals surface area contributed by atoms with Gasteiger partial charge < -0.3 is 14.8 Å². The number of hydrogen-bond donors (Lipinski definition) is 1. The first kappa shape index (κ1) is 15.2. The standard InChI is InChI=1S/C17H27NO2/c1-12(18-14-8-9-17(2,3)11-14)13-6-7-15(19-4)16(10-13)20-5/h6-7,10,12,14,18H,8-9,11H2,1-5H3. The molecule has 112 valence electrons. The maximum Gasteiger partial charge on any atom is 0.161 e. The lowest BCUT2D eigenvalue weighted by Crippen LogP contribution is -2.30. The zero-order chi connectivity index (χ0) is 14.8. The van der Waals surface area contributed by atoms with Crippen LogP contribution in [0.2, 0.25) is 0 Å². The molecule has 3 nitrogen and oxygen atoms in total. The van der Waals surface area contributed by atoms with Crippen molar-refractivity contribution < 1.29 is 9.47 Å². The molecule has 0 bridgehead atoms. The molecule has 0 radical (unpaired) electrons. The second-order valence-electron chi connectivity index (χ2n) is 6.61. The number of ether oxygens (including phenoxy) is 2. The van der Waals surface area contributed by atoms with Gasteiger partial charge in [0.05, 0.1) is 14.2 Å². The summed E-state index contributed by atoms with van der Waals surface area (Å²) in [4.78, 5) is 0. The van der Waals surface area contributed by atoms with Gasteiger partial charge in [-0.3, -0.25) is 0 Å². The summed E-state index contributed by atoms with van der Waals surface area (Å²) in [5.74, 6) is 1.58. The quantitative estimate of drug-likeness (QED) is 0.884. The fourth-order valence-electron chi connectivity index (χ4n) is 3.15. The van der Waals surface area contributed by atoms with Gasteiger partial charge >= 0.3 is 0 Å². The fourth-order valence-corrected chi connectivity index (χ4v) is 3.15. The van der Waals surface area contributed by atoms with Gasteiger partial charge in [-0.1, -0.05) is 19.9 Å². The highest BCUT2D eigenvalue weighted by Gasteiger charge is 2.31. The second kappa shape index (κ2) is 6.04. The Morgan fingerprint density at radius 1 is 1.20 bits per heavy atom. The number of benzene rings is 1. The Kier molecular flexibility index (Phi) is 4.59. The molecular formula is C17H27NO2. The van der Waals surface area contributed by atoms with Gasteiger partial charge in [0.15, 0.2) is 11.5 Å². The van der Waals surface area contributed by atoms with E-state index in [0.717, 1.165) is 11.5 Å². The molecule has 1 fully saturated rings. The molecular weight excluding hydrogens is 250 g/mol. The molecule has 0 amide bonds. The summed E-state index contributed by atoms with van der Waals surface area (Å²) in [5, 5.41) is 3.74. The molecule has 20 heavy (non-hydrogen) atoms. The molecule has 1 N–H and O–H groups in total. The largest absolute Gasteiger partial charge is 0.493 e. The minimum atomic E-state index is 0.328. The summed E-state index contributed by atoms with van der Waals surface area (Å²) < 4.78 is 10.7. The van der Waals surface area contributed by atoms with Gasteiger partial charge in [-0.05, 0) is 49.3 Å². The average molecular weight is 277 g/mol. The zero-order valence-corrected chi connectivity index (χ0v) is 13.3. The van der Waals surface area contributed by atoms with Crippen molar-refractivity contribution in [3.63, 3.8) is 0 Å². The van der Waals surface area contributed by atoms with Crippen LogP contribution in [-0.4, -0.2) is 20.3 Å². The van der Waals surface area contributed by atoms with Crippen molar-refractivity contribution >= 4 is 0 Å². The number of nitrogens with one attached hydrogen (secondary N) is 1. The SMILES string of the molecule is COc1ccc(C(C)NC2CCC(C)(C)C2)cc1OC. The molecule has 0 saturated heterocycles. The number of rotatable bonds is 5. The van der Waals surface area contributed by atoms with E-state index in [1.165, 1.54) is 24.8 Å². The summed E-state index contributed by atoms with van der Waals surface area (Å²) in [7, 11) is 3.35. The Balaban J connectivity index is 2.04. The summed E-state index contributed by atoms with van der Waals surface area (Å²) in [6.07, 6.45) is 3.83. The Morgan fingerprint density at radius 2 is 1.90 bits per heavy atom. The Morgan fingerprint density at radius 3 is 2.45 bits per heavy atom. The van der Waals surface area contributed by atoms with E-state index in [1.54, 1.807) is 14.2 Å². The van der Waals surface area contributed by atoms with Crippen molar-refractivity contribution in [2.24, 2.45) is 5.41 Å². The molecule has 2 atom stereocenters. The molecule has 0 spiro atoms. The third-order valence-electron chi connectivity index (χ3n) is 4.36. The zero-order valence-electron chi connectivity index (χ0n) is 13.3. The lowest BCUT2D eigenvalue weighted by Gasteiger charge is -2.22. The molecule has 1 saturated carbocycles. The average Bonchev–Trinajstić information content (AvgIpc) is 2.76. The molecule has 0 aromatic heterocycles. The van der Waals surface area contributed by atoms with Gasteiger partial charge in [0, 0.05) is 12.1 Å². The highest BCUT2D eigenvalue weighted by Crippen LogP contribution is 2.38. The number of hydrogen-bond acceptors (Lipinski definition) is 3. The van der Waals surface area contributed by atoms with Crippen LogP contribution >= 0.6 is 0 Å². The summed E-state index contributed by atoms with van der Waals surface area (Å²) in [6.45, 7) is 6.93. The molecule has 1 aliphatic carbocycles. The molecule has 0 aliphatic heterocycles. The van der Waals surface area contributed by atoms with Crippen molar-refractivity contribution in [1.29, 1.82) is 0 Å².